The Labute approximate surface area is 113 Å². The van der Waals surface area contributed by atoms with E-state index in [1.54, 1.807) is 24.3 Å². The molecule has 3 N–H and O–H groups in total. The van der Waals surface area contributed by atoms with Crippen LogP contribution in [0.4, 0.5) is 0 Å². The Morgan fingerprint density at radius 2 is 2.00 bits per heavy atom. The molecule has 1 aliphatic heterocycles. The maximum absolute atomic E-state index is 12.4. The number of aromatic hydroxyl groups is 1. The molecule has 1 saturated heterocycles. The highest BCUT2D eigenvalue weighted by Gasteiger charge is 2.21. The highest BCUT2D eigenvalue weighted by Crippen LogP contribution is 2.18. The molecule has 5 heteroatoms. The van der Waals surface area contributed by atoms with Gasteiger partial charge in [-0.3, -0.25) is 4.79 Å². The van der Waals surface area contributed by atoms with E-state index < -0.39 is 0 Å². The van der Waals surface area contributed by atoms with Crippen molar-refractivity contribution in [2.24, 2.45) is 5.73 Å². The lowest BCUT2D eigenvalue weighted by atomic mass is 10.1. The molecule has 1 amide bonds. The Balaban J connectivity index is 2.02. The molecule has 0 radical (unpaired) electrons. The minimum atomic E-state index is -0.0901. The predicted octanol–water partition coefficient (Wildman–Crippen LogP) is 0.499. The molecule has 5 nitrogen and oxygen atoms in total. The van der Waals surface area contributed by atoms with Crippen molar-refractivity contribution in [2.45, 2.75) is 6.42 Å². The molecule has 0 atom stereocenters. The van der Waals surface area contributed by atoms with E-state index in [9.17, 15) is 9.90 Å². The van der Waals surface area contributed by atoms with Crippen LogP contribution in [-0.2, 0) is 0 Å². The number of benzene rings is 1. The van der Waals surface area contributed by atoms with E-state index in [1.807, 2.05) is 4.90 Å². The molecule has 0 spiro atoms. The number of carbonyl (C=O) groups is 1. The number of phenols is 1. The van der Waals surface area contributed by atoms with Crippen molar-refractivity contribution in [1.29, 1.82) is 0 Å². The first-order valence-electron chi connectivity index (χ1n) is 6.72. The molecule has 1 aromatic rings. The summed E-state index contributed by atoms with van der Waals surface area (Å²) in [4.78, 5) is 16.4. The number of hydrogen-bond acceptors (Lipinski definition) is 4. The number of rotatable bonds is 3. The van der Waals surface area contributed by atoms with Crippen LogP contribution in [0, 0.1) is 0 Å². The van der Waals surface area contributed by atoms with E-state index in [-0.39, 0.29) is 11.7 Å². The normalized spacial score (nSPS) is 17.2. The van der Waals surface area contributed by atoms with Crippen molar-refractivity contribution in [3.63, 3.8) is 0 Å². The van der Waals surface area contributed by atoms with E-state index >= 15 is 0 Å². The Morgan fingerprint density at radius 1 is 1.21 bits per heavy atom. The first kappa shape index (κ1) is 13.8. The molecule has 104 valence electrons. The maximum atomic E-state index is 12.4. The van der Waals surface area contributed by atoms with Crippen LogP contribution >= 0.6 is 0 Å². The monoisotopic (exact) mass is 263 g/mol. The van der Waals surface area contributed by atoms with Gasteiger partial charge in [0.1, 0.15) is 5.75 Å². The lowest BCUT2D eigenvalue weighted by Gasteiger charge is -2.22. The second-order valence-electron chi connectivity index (χ2n) is 4.79. The fourth-order valence-corrected chi connectivity index (χ4v) is 2.41. The quantitative estimate of drug-likeness (QED) is 0.833. The van der Waals surface area contributed by atoms with Gasteiger partial charge in [-0.1, -0.05) is 12.1 Å². The van der Waals surface area contributed by atoms with Crippen LogP contribution in [0.25, 0.3) is 0 Å². The van der Waals surface area contributed by atoms with Crippen molar-refractivity contribution in [3.8, 4) is 5.75 Å². The number of carbonyl (C=O) groups excluding carboxylic acids is 1. The minimum absolute atomic E-state index is 0.0514. The number of phenolic OH excluding ortho intramolecular Hbond substituents is 1. The summed E-state index contributed by atoms with van der Waals surface area (Å²) in [5.41, 5.74) is 5.94. The van der Waals surface area contributed by atoms with Gasteiger partial charge in [0.05, 0.1) is 5.56 Å². The van der Waals surface area contributed by atoms with Gasteiger partial charge < -0.3 is 20.6 Å². The fraction of sp³-hybridized carbons (Fsp3) is 0.500. The van der Waals surface area contributed by atoms with Crippen molar-refractivity contribution in [1.82, 2.24) is 9.80 Å². The molecule has 1 aliphatic rings. The summed E-state index contributed by atoms with van der Waals surface area (Å²) < 4.78 is 0. The molecule has 0 aromatic heterocycles. The summed E-state index contributed by atoms with van der Waals surface area (Å²) in [5, 5.41) is 9.74. The van der Waals surface area contributed by atoms with Gasteiger partial charge in [-0.25, -0.2) is 0 Å². The van der Waals surface area contributed by atoms with E-state index in [0.717, 1.165) is 32.6 Å². The SMILES string of the molecule is NCCN1CCCN(C(=O)c2ccccc2O)CC1. The van der Waals surface area contributed by atoms with Gasteiger partial charge in [0.25, 0.3) is 5.91 Å². The van der Waals surface area contributed by atoms with Crippen molar-refractivity contribution >= 4 is 5.91 Å². The second kappa shape index (κ2) is 6.54. The lowest BCUT2D eigenvalue weighted by molar-refractivity contribution is 0.0758. The van der Waals surface area contributed by atoms with Gasteiger partial charge in [0.2, 0.25) is 0 Å². The number of hydrogen-bond donors (Lipinski definition) is 2. The molecule has 1 fully saturated rings. The van der Waals surface area contributed by atoms with E-state index in [1.165, 1.54) is 0 Å². The van der Waals surface area contributed by atoms with E-state index in [4.69, 9.17) is 5.73 Å². The Kier molecular flexibility index (Phi) is 4.76. The third-order valence-corrected chi connectivity index (χ3v) is 3.46. The van der Waals surface area contributed by atoms with Gasteiger partial charge in [-0.15, -0.1) is 0 Å². The third-order valence-electron chi connectivity index (χ3n) is 3.46. The van der Waals surface area contributed by atoms with E-state index in [2.05, 4.69) is 4.90 Å². The Hall–Kier alpha value is -1.59. The standard InChI is InChI=1S/C14H21N3O2/c15-6-9-16-7-3-8-17(11-10-16)14(19)12-4-1-2-5-13(12)18/h1-2,4-5,18H,3,6-11,15H2. The number of para-hydroxylation sites is 1. The average molecular weight is 263 g/mol. The van der Waals surface area contributed by atoms with Gasteiger partial charge >= 0.3 is 0 Å². The van der Waals surface area contributed by atoms with Crippen LogP contribution in [0.3, 0.4) is 0 Å². The fourth-order valence-electron chi connectivity index (χ4n) is 2.41. The van der Waals surface area contributed by atoms with Gasteiger partial charge in [0.15, 0.2) is 0 Å². The molecule has 19 heavy (non-hydrogen) atoms. The number of amides is 1. The minimum Gasteiger partial charge on any atom is -0.507 e. The second-order valence-corrected chi connectivity index (χ2v) is 4.79. The number of nitrogens with two attached hydrogens (primary N) is 1. The van der Waals surface area contributed by atoms with Crippen LogP contribution in [0.5, 0.6) is 5.75 Å². The third kappa shape index (κ3) is 3.45. The summed E-state index contributed by atoms with van der Waals surface area (Å²) in [5.74, 6) is -0.0386. The maximum Gasteiger partial charge on any atom is 0.257 e. The van der Waals surface area contributed by atoms with Crippen molar-refractivity contribution in [3.05, 3.63) is 29.8 Å². The van der Waals surface area contributed by atoms with Gasteiger partial charge in [-0.05, 0) is 25.1 Å². The molecule has 1 aromatic carbocycles. The van der Waals surface area contributed by atoms with E-state index in [0.29, 0.717) is 18.7 Å². The lowest BCUT2D eigenvalue weighted by Crippen LogP contribution is -2.36. The smallest absolute Gasteiger partial charge is 0.257 e. The molecule has 1 heterocycles. The predicted molar refractivity (Wildman–Crippen MR) is 74.1 cm³/mol. The van der Waals surface area contributed by atoms with Crippen LogP contribution in [0.15, 0.2) is 24.3 Å². The zero-order chi connectivity index (χ0) is 13.7. The van der Waals surface area contributed by atoms with Crippen molar-refractivity contribution < 1.29 is 9.90 Å². The van der Waals surface area contributed by atoms with Crippen LogP contribution in [0.1, 0.15) is 16.8 Å². The molecule has 0 unspecified atom stereocenters. The number of nitrogens with zero attached hydrogens (tertiary/aromatic N) is 2. The van der Waals surface area contributed by atoms with Gasteiger partial charge in [0, 0.05) is 32.7 Å². The highest BCUT2D eigenvalue weighted by atomic mass is 16.3. The molecular weight excluding hydrogens is 242 g/mol. The molecule has 0 bridgehead atoms. The molecule has 0 saturated carbocycles. The summed E-state index contributed by atoms with van der Waals surface area (Å²) in [6.07, 6.45) is 0.944. The largest absolute Gasteiger partial charge is 0.507 e. The summed E-state index contributed by atoms with van der Waals surface area (Å²) in [6.45, 7) is 4.76. The summed E-state index contributed by atoms with van der Waals surface area (Å²) in [6, 6.07) is 6.70. The van der Waals surface area contributed by atoms with Crippen molar-refractivity contribution in [2.75, 3.05) is 39.3 Å². The Morgan fingerprint density at radius 3 is 2.74 bits per heavy atom. The Bertz CT molecular complexity index is 436. The first-order valence-corrected chi connectivity index (χ1v) is 6.72. The zero-order valence-corrected chi connectivity index (χ0v) is 11.1. The van der Waals surface area contributed by atoms with Crippen LogP contribution in [-0.4, -0.2) is 60.1 Å². The van der Waals surface area contributed by atoms with Gasteiger partial charge in [-0.2, -0.15) is 0 Å². The van der Waals surface area contributed by atoms with Crippen LogP contribution in [0.2, 0.25) is 0 Å². The summed E-state index contributed by atoms with van der Waals surface area (Å²) in [7, 11) is 0. The highest BCUT2D eigenvalue weighted by molar-refractivity contribution is 5.96. The van der Waals surface area contributed by atoms with Crippen LogP contribution < -0.4 is 5.73 Å². The zero-order valence-electron chi connectivity index (χ0n) is 11.1. The summed E-state index contributed by atoms with van der Waals surface area (Å²) >= 11 is 0. The molecule has 2 rings (SSSR count). The topological polar surface area (TPSA) is 69.8 Å². The first-order chi connectivity index (χ1) is 9.22. The average Bonchev–Trinajstić information content (AvgIpc) is 2.65. The molecule has 0 aliphatic carbocycles. The molecular formula is C14H21N3O2.